The smallest absolute Gasteiger partial charge is 0.344 e. The number of aromatic nitrogens is 4. The maximum Gasteiger partial charge on any atom is 0.344 e. The maximum atomic E-state index is 11.8. The zero-order chi connectivity index (χ0) is 15.7. The van der Waals surface area contributed by atoms with Crippen molar-refractivity contribution in [1.82, 2.24) is 19.7 Å². The van der Waals surface area contributed by atoms with Crippen LogP contribution in [0.1, 0.15) is 36.8 Å². The van der Waals surface area contributed by atoms with E-state index in [9.17, 15) is 4.79 Å². The van der Waals surface area contributed by atoms with Crippen LogP contribution in [0.15, 0.2) is 20.9 Å². The molecule has 0 fully saturated rings. The number of nitrogens with two attached hydrogens (primary N) is 1. The van der Waals surface area contributed by atoms with E-state index in [-0.39, 0.29) is 17.6 Å². The van der Waals surface area contributed by atoms with Gasteiger partial charge in [0.25, 0.3) is 0 Å². The number of hydrogen-bond acceptors (Lipinski definition) is 5. The highest BCUT2D eigenvalue weighted by Crippen LogP contribution is 2.31. The van der Waals surface area contributed by atoms with Crippen molar-refractivity contribution in [2.45, 2.75) is 43.8 Å². The normalized spacial score (nSPS) is 11.1. The van der Waals surface area contributed by atoms with Gasteiger partial charge in [-0.3, -0.25) is 15.0 Å². The number of H-pyrrole nitrogens is 1. The molecule has 0 unspecified atom stereocenters. The van der Waals surface area contributed by atoms with Crippen LogP contribution in [-0.4, -0.2) is 25.6 Å². The second-order valence-corrected chi connectivity index (χ2v) is 6.02. The Hall–Kier alpha value is -2.09. The maximum absolute atomic E-state index is 11.8. The van der Waals surface area contributed by atoms with E-state index in [1.165, 1.54) is 11.8 Å². The zero-order valence-corrected chi connectivity index (χ0v) is 13.2. The van der Waals surface area contributed by atoms with Gasteiger partial charge in [-0.1, -0.05) is 0 Å². The van der Waals surface area contributed by atoms with E-state index in [0.717, 1.165) is 10.6 Å². The van der Waals surface area contributed by atoms with E-state index >= 15 is 0 Å². The largest absolute Gasteiger partial charge is 0.384 e. The number of nitrogen functional groups attached to an aromatic ring is 1. The van der Waals surface area contributed by atoms with Crippen molar-refractivity contribution in [2.75, 3.05) is 0 Å². The Balaban J connectivity index is 2.54. The van der Waals surface area contributed by atoms with Gasteiger partial charge in [0.05, 0.1) is 5.56 Å². The predicted octanol–water partition coefficient (Wildman–Crippen LogP) is 1.60. The number of aryl methyl sites for hydroxylation is 2. The van der Waals surface area contributed by atoms with Crippen molar-refractivity contribution in [3.05, 3.63) is 33.5 Å². The molecule has 0 saturated heterocycles. The molecule has 0 aliphatic rings. The summed E-state index contributed by atoms with van der Waals surface area (Å²) >= 11 is 1.31. The number of pyridine rings is 1. The second kappa shape index (κ2) is 5.72. The van der Waals surface area contributed by atoms with Gasteiger partial charge >= 0.3 is 5.69 Å². The number of nitrogens with one attached hydrogen (secondary N) is 2. The van der Waals surface area contributed by atoms with Gasteiger partial charge in [-0.05, 0) is 45.5 Å². The summed E-state index contributed by atoms with van der Waals surface area (Å²) in [5.41, 5.74) is 7.51. The molecule has 2 heterocycles. The SMILES string of the molecule is Cc1cc(Sc2n[nH]c(=O)n2C(C)C)c(C(=N)N)c(C)n1. The molecule has 0 radical (unpaired) electrons. The van der Waals surface area contributed by atoms with Crippen LogP contribution in [-0.2, 0) is 0 Å². The highest BCUT2D eigenvalue weighted by atomic mass is 32.2. The molecule has 0 bridgehead atoms. The summed E-state index contributed by atoms with van der Waals surface area (Å²) in [4.78, 5) is 16.9. The van der Waals surface area contributed by atoms with Crippen LogP contribution < -0.4 is 11.4 Å². The van der Waals surface area contributed by atoms with E-state index < -0.39 is 0 Å². The molecule has 2 aromatic rings. The third-order valence-corrected chi connectivity index (χ3v) is 3.96. The van der Waals surface area contributed by atoms with Crippen LogP contribution >= 0.6 is 11.8 Å². The number of amidine groups is 1. The minimum Gasteiger partial charge on any atom is -0.384 e. The summed E-state index contributed by atoms with van der Waals surface area (Å²) in [6, 6.07) is 1.83. The molecule has 2 aromatic heterocycles. The average Bonchev–Trinajstić information content (AvgIpc) is 2.68. The van der Waals surface area contributed by atoms with Crippen molar-refractivity contribution in [1.29, 1.82) is 5.41 Å². The summed E-state index contributed by atoms with van der Waals surface area (Å²) in [7, 11) is 0. The van der Waals surface area contributed by atoms with Crippen LogP contribution in [0.2, 0.25) is 0 Å². The van der Waals surface area contributed by atoms with E-state index in [4.69, 9.17) is 11.1 Å². The van der Waals surface area contributed by atoms with E-state index in [1.54, 1.807) is 4.57 Å². The van der Waals surface area contributed by atoms with Gasteiger partial charge in [0.15, 0.2) is 5.16 Å². The molecular weight excluding hydrogens is 288 g/mol. The summed E-state index contributed by atoms with van der Waals surface area (Å²) in [5, 5.41) is 14.8. The summed E-state index contributed by atoms with van der Waals surface area (Å²) < 4.78 is 1.57. The molecule has 4 N–H and O–H groups in total. The van der Waals surface area contributed by atoms with E-state index in [2.05, 4.69) is 15.2 Å². The minimum atomic E-state index is -0.251. The van der Waals surface area contributed by atoms with Crippen LogP contribution in [0.5, 0.6) is 0 Å². The quantitative estimate of drug-likeness (QED) is 0.586. The van der Waals surface area contributed by atoms with Gasteiger partial charge in [0.2, 0.25) is 0 Å². The molecule has 0 amide bonds. The minimum absolute atomic E-state index is 0.0106. The first-order chi connectivity index (χ1) is 9.81. The van der Waals surface area contributed by atoms with Gasteiger partial charge in [-0.25, -0.2) is 9.89 Å². The summed E-state index contributed by atoms with van der Waals surface area (Å²) in [6.07, 6.45) is 0. The second-order valence-electron chi connectivity index (χ2n) is 5.01. The molecule has 0 aliphatic heterocycles. The Bertz CT molecular complexity index is 746. The monoisotopic (exact) mass is 306 g/mol. The molecule has 0 spiro atoms. The molecule has 8 heteroatoms. The number of aromatic amines is 1. The van der Waals surface area contributed by atoms with Crippen molar-refractivity contribution in [3.63, 3.8) is 0 Å². The van der Waals surface area contributed by atoms with Crippen molar-refractivity contribution >= 4 is 17.6 Å². The fourth-order valence-electron chi connectivity index (χ4n) is 2.12. The van der Waals surface area contributed by atoms with Gasteiger partial charge in [-0.2, -0.15) is 0 Å². The first kappa shape index (κ1) is 15.3. The molecule has 21 heavy (non-hydrogen) atoms. The lowest BCUT2D eigenvalue weighted by molar-refractivity contribution is 0.534. The van der Waals surface area contributed by atoms with Gasteiger partial charge in [0.1, 0.15) is 5.84 Å². The Morgan fingerprint density at radius 3 is 2.71 bits per heavy atom. The fraction of sp³-hybridized carbons (Fsp3) is 0.385. The molecule has 2 rings (SSSR count). The standard InChI is InChI=1S/C13H18N6OS/c1-6(2)19-12(20)17-18-13(19)21-9-5-7(3)16-8(4)10(9)11(14)15/h5-6H,1-4H3,(H3,14,15)(H,17,20). The lowest BCUT2D eigenvalue weighted by Gasteiger charge is -2.13. The average molecular weight is 306 g/mol. The van der Waals surface area contributed by atoms with Crippen LogP contribution in [0, 0.1) is 19.3 Å². The molecule has 7 nitrogen and oxygen atoms in total. The zero-order valence-electron chi connectivity index (χ0n) is 12.4. The highest BCUT2D eigenvalue weighted by Gasteiger charge is 2.17. The Morgan fingerprint density at radius 1 is 1.48 bits per heavy atom. The molecule has 0 aromatic carbocycles. The van der Waals surface area contributed by atoms with E-state index in [1.807, 2.05) is 33.8 Å². The van der Waals surface area contributed by atoms with Crippen LogP contribution in [0.3, 0.4) is 0 Å². The summed E-state index contributed by atoms with van der Waals surface area (Å²) in [6.45, 7) is 7.51. The summed E-state index contributed by atoms with van der Waals surface area (Å²) in [5.74, 6) is -0.0449. The Morgan fingerprint density at radius 2 is 2.14 bits per heavy atom. The lowest BCUT2D eigenvalue weighted by atomic mass is 10.1. The third kappa shape index (κ3) is 2.99. The van der Waals surface area contributed by atoms with Crippen molar-refractivity contribution < 1.29 is 0 Å². The van der Waals surface area contributed by atoms with Gasteiger partial charge < -0.3 is 5.73 Å². The molecule has 0 atom stereocenters. The van der Waals surface area contributed by atoms with Crippen LogP contribution in [0.4, 0.5) is 0 Å². The first-order valence-corrected chi connectivity index (χ1v) is 7.30. The van der Waals surface area contributed by atoms with Crippen molar-refractivity contribution in [2.24, 2.45) is 5.73 Å². The predicted molar refractivity (Wildman–Crippen MR) is 82.1 cm³/mol. The number of rotatable bonds is 4. The lowest BCUT2D eigenvalue weighted by Crippen LogP contribution is -2.19. The number of nitrogens with zero attached hydrogens (tertiary/aromatic N) is 3. The topological polar surface area (TPSA) is 113 Å². The van der Waals surface area contributed by atoms with Gasteiger partial charge in [0, 0.05) is 22.3 Å². The molecular formula is C13H18N6OS. The number of hydrogen-bond donors (Lipinski definition) is 3. The first-order valence-electron chi connectivity index (χ1n) is 6.48. The van der Waals surface area contributed by atoms with E-state index in [0.29, 0.717) is 16.4 Å². The Labute approximate surface area is 126 Å². The van der Waals surface area contributed by atoms with Gasteiger partial charge in [-0.15, -0.1) is 5.10 Å². The Kier molecular flexibility index (Phi) is 4.17. The molecule has 0 saturated carbocycles. The molecule has 0 aliphatic carbocycles. The highest BCUT2D eigenvalue weighted by molar-refractivity contribution is 7.99. The van der Waals surface area contributed by atoms with Crippen molar-refractivity contribution in [3.8, 4) is 0 Å². The van der Waals surface area contributed by atoms with Crippen LogP contribution in [0.25, 0.3) is 0 Å². The molecule has 112 valence electrons. The third-order valence-electron chi connectivity index (χ3n) is 2.95. The fourth-order valence-corrected chi connectivity index (χ4v) is 3.39.